The zero-order valence-electron chi connectivity index (χ0n) is 18.8. The Morgan fingerprint density at radius 1 is 1.00 bits per heavy atom. The SMILES string of the molecule is Cc1ccc(N=C2SC(CC(=O)Nc3ccccc3C(F)(F)F)C(=O)N2Cc2ccccc2)cc1. The molecule has 3 aromatic rings. The molecule has 0 aromatic heterocycles. The number of halogens is 3. The van der Waals surface area contributed by atoms with Gasteiger partial charge >= 0.3 is 6.18 Å². The molecule has 0 spiro atoms. The number of hydrogen-bond acceptors (Lipinski definition) is 4. The number of carbonyl (C=O) groups excluding carboxylic acids is 2. The van der Waals surface area contributed by atoms with Gasteiger partial charge in [0.05, 0.1) is 23.5 Å². The molecule has 0 saturated carbocycles. The van der Waals surface area contributed by atoms with Gasteiger partial charge < -0.3 is 5.32 Å². The van der Waals surface area contributed by atoms with Gasteiger partial charge in [0.2, 0.25) is 11.8 Å². The number of thioether (sulfide) groups is 1. The summed E-state index contributed by atoms with van der Waals surface area (Å²) < 4.78 is 39.8. The maximum absolute atomic E-state index is 13.3. The summed E-state index contributed by atoms with van der Waals surface area (Å²) in [5.41, 5.74) is 1.34. The number of rotatable bonds is 6. The highest BCUT2D eigenvalue weighted by atomic mass is 32.2. The smallest absolute Gasteiger partial charge is 0.325 e. The van der Waals surface area contributed by atoms with E-state index in [0.717, 1.165) is 29.0 Å². The second kappa shape index (κ2) is 10.4. The number of aliphatic imine (C=N–C) groups is 1. The van der Waals surface area contributed by atoms with Gasteiger partial charge in [-0.05, 0) is 36.8 Å². The summed E-state index contributed by atoms with van der Waals surface area (Å²) >= 11 is 1.14. The normalized spacial score (nSPS) is 17.1. The van der Waals surface area contributed by atoms with Crippen LogP contribution in [-0.4, -0.2) is 27.1 Å². The molecule has 180 valence electrons. The molecule has 3 aromatic carbocycles. The third-order valence-corrected chi connectivity index (χ3v) is 6.51. The maximum atomic E-state index is 13.3. The zero-order valence-corrected chi connectivity index (χ0v) is 19.6. The van der Waals surface area contributed by atoms with Crippen molar-refractivity contribution in [1.29, 1.82) is 0 Å². The second-order valence-corrected chi connectivity index (χ2v) is 9.21. The molecule has 1 aliphatic heterocycles. The zero-order chi connectivity index (χ0) is 25.0. The Morgan fingerprint density at radius 2 is 1.66 bits per heavy atom. The van der Waals surface area contributed by atoms with Crippen LogP contribution in [0.15, 0.2) is 83.9 Å². The van der Waals surface area contributed by atoms with Crippen LogP contribution >= 0.6 is 11.8 Å². The lowest BCUT2D eigenvalue weighted by atomic mass is 10.1. The molecule has 5 nitrogen and oxygen atoms in total. The number of nitrogens with one attached hydrogen (secondary N) is 1. The molecule has 1 aliphatic rings. The molecule has 1 unspecified atom stereocenters. The molecule has 0 aliphatic carbocycles. The van der Waals surface area contributed by atoms with Crippen LogP contribution in [0.5, 0.6) is 0 Å². The summed E-state index contributed by atoms with van der Waals surface area (Å²) in [6, 6.07) is 21.6. The van der Waals surface area contributed by atoms with E-state index in [1.54, 1.807) is 0 Å². The Balaban J connectivity index is 1.55. The number of alkyl halides is 3. The van der Waals surface area contributed by atoms with Crippen molar-refractivity contribution < 1.29 is 22.8 Å². The van der Waals surface area contributed by atoms with Crippen LogP contribution in [0.1, 0.15) is 23.1 Å². The number of anilines is 1. The van der Waals surface area contributed by atoms with E-state index in [2.05, 4.69) is 10.3 Å². The van der Waals surface area contributed by atoms with Crippen LogP contribution in [0.25, 0.3) is 0 Å². The highest BCUT2D eigenvalue weighted by molar-refractivity contribution is 8.15. The number of amides is 2. The van der Waals surface area contributed by atoms with Crippen LogP contribution in [0.4, 0.5) is 24.5 Å². The largest absolute Gasteiger partial charge is 0.418 e. The van der Waals surface area contributed by atoms with E-state index in [9.17, 15) is 22.8 Å². The molecule has 1 saturated heterocycles. The van der Waals surface area contributed by atoms with E-state index in [1.165, 1.54) is 23.1 Å². The van der Waals surface area contributed by atoms with E-state index >= 15 is 0 Å². The van der Waals surface area contributed by atoms with Crippen molar-refractivity contribution in [2.24, 2.45) is 4.99 Å². The lowest BCUT2D eigenvalue weighted by Gasteiger charge is -2.17. The molecule has 35 heavy (non-hydrogen) atoms. The van der Waals surface area contributed by atoms with Gasteiger partial charge in [-0.15, -0.1) is 0 Å². The quantitative estimate of drug-likeness (QED) is 0.443. The fraction of sp³-hybridized carbons (Fsp3) is 0.192. The van der Waals surface area contributed by atoms with Crippen LogP contribution in [0, 0.1) is 6.92 Å². The Bertz CT molecular complexity index is 1240. The standard InChI is InChI=1S/C26H22F3N3O2S/c1-17-11-13-19(14-12-17)30-25-32(16-18-7-3-2-4-8-18)24(34)22(35-25)15-23(33)31-21-10-6-5-9-20(21)26(27,28)29/h2-14,22H,15-16H2,1H3,(H,31,33). The summed E-state index contributed by atoms with van der Waals surface area (Å²) in [5, 5.41) is 1.95. The second-order valence-electron chi connectivity index (χ2n) is 8.04. The van der Waals surface area contributed by atoms with Crippen molar-refractivity contribution in [2.75, 3.05) is 5.32 Å². The fourth-order valence-corrected chi connectivity index (χ4v) is 4.73. The van der Waals surface area contributed by atoms with E-state index in [0.29, 0.717) is 10.9 Å². The van der Waals surface area contributed by atoms with Gasteiger partial charge in [-0.3, -0.25) is 14.5 Å². The van der Waals surface area contributed by atoms with Gasteiger partial charge in [0.25, 0.3) is 0 Å². The Hall–Kier alpha value is -3.59. The molecule has 1 N–H and O–H groups in total. The number of benzene rings is 3. The predicted molar refractivity (Wildman–Crippen MR) is 131 cm³/mol. The van der Waals surface area contributed by atoms with Gasteiger partial charge in [-0.25, -0.2) is 4.99 Å². The van der Waals surface area contributed by atoms with Crippen molar-refractivity contribution >= 4 is 40.1 Å². The van der Waals surface area contributed by atoms with E-state index in [-0.39, 0.29) is 24.6 Å². The van der Waals surface area contributed by atoms with E-state index in [1.807, 2.05) is 61.5 Å². The molecule has 2 amide bonds. The van der Waals surface area contributed by atoms with Crippen LogP contribution in [0.2, 0.25) is 0 Å². The average molecular weight is 498 g/mol. The minimum Gasteiger partial charge on any atom is -0.325 e. The number of amidine groups is 1. The number of carbonyl (C=O) groups is 2. The molecule has 1 fully saturated rings. The molecule has 9 heteroatoms. The first-order valence-corrected chi connectivity index (χ1v) is 11.7. The molecule has 0 bridgehead atoms. The van der Waals surface area contributed by atoms with Gasteiger partial charge in [0.1, 0.15) is 5.25 Å². The monoisotopic (exact) mass is 497 g/mol. The van der Waals surface area contributed by atoms with Crippen molar-refractivity contribution in [3.63, 3.8) is 0 Å². The van der Waals surface area contributed by atoms with Gasteiger partial charge in [-0.1, -0.05) is 71.9 Å². The third-order valence-electron chi connectivity index (χ3n) is 5.34. The average Bonchev–Trinajstić information content (AvgIpc) is 3.09. The molecule has 1 heterocycles. The molecular formula is C26H22F3N3O2S. The predicted octanol–water partition coefficient (Wildman–Crippen LogP) is 6.17. The van der Waals surface area contributed by atoms with Crippen molar-refractivity contribution in [1.82, 2.24) is 4.90 Å². The topological polar surface area (TPSA) is 61.8 Å². The first-order chi connectivity index (χ1) is 16.7. The van der Waals surface area contributed by atoms with Crippen LogP contribution in [0.3, 0.4) is 0 Å². The Kier molecular flexibility index (Phi) is 7.25. The Labute approximate surface area is 205 Å². The number of nitrogens with zero attached hydrogens (tertiary/aromatic N) is 2. The lowest BCUT2D eigenvalue weighted by molar-refractivity contribution is -0.137. The van der Waals surface area contributed by atoms with Gasteiger partial charge in [0, 0.05) is 6.42 Å². The van der Waals surface area contributed by atoms with Crippen LogP contribution in [-0.2, 0) is 22.3 Å². The molecule has 4 rings (SSSR count). The van der Waals surface area contributed by atoms with E-state index < -0.39 is 22.9 Å². The highest BCUT2D eigenvalue weighted by Crippen LogP contribution is 2.36. The summed E-state index contributed by atoms with van der Waals surface area (Å²) in [6.07, 6.45) is -4.89. The minimum atomic E-state index is -4.61. The van der Waals surface area contributed by atoms with E-state index in [4.69, 9.17) is 0 Å². The van der Waals surface area contributed by atoms with Crippen LogP contribution < -0.4 is 5.32 Å². The highest BCUT2D eigenvalue weighted by Gasteiger charge is 2.40. The molecule has 0 radical (unpaired) electrons. The number of hydrogen-bond donors (Lipinski definition) is 1. The van der Waals surface area contributed by atoms with Crippen molar-refractivity contribution in [2.45, 2.75) is 31.3 Å². The first kappa shape index (κ1) is 24.5. The summed E-state index contributed by atoms with van der Waals surface area (Å²) in [5.74, 6) is -0.993. The van der Waals surface area contributed by atoms with Gasteiger partial charge in [0.15, 0.2) is 5.17 Å². The Morgan fingerprint density at radius 3 is 2.34 bits per heavy atom. The molecule has 1 atom stereocenters. The van der Waals surface area contributed by atoms with Crippen molar-refractivity contribution in [3.05, 3.63) is 95.6 Å². The lowest BCUT2D eigenvalue weighted by Crippen LogP contribution is -2.33. The van der Waals surface area contributed by atoms with Crippen molar-refractivity contribution in [3.8, 4) is 0 Å². The number of para-hydroxylation sites is 1. The third kappa shape index (κ3) is 6.10. The summed E-state index contributed by atoms with van der Waals surface area (Å²) in [7, 11) is 0. The van der Waals surface area contributed by atoms with Gasteiger partial charge in [-0.2, -0.15) is 13.2 Å². The fourth-order valence-electron chi connectivity index (χ4n) is 3.58. The molecular weight excluding hydrogens is 475 g/mol. The summed E-state index contributed by atoms with van der Waals surface area (Å²) in [4.78, 5) is 32.0. The first-order valence-electron chi connectivity index (χ1n) is 10.8. The minimum absolute atomic E-state index is 0.270. The summed E-state index contributed by atoms with van der Waals surface area (Å²) in [6.45, 7) is 2.23. The maximum Gasteiger partial charge on any atom is 0.418 e. The number of aryl methyl sites for hydroxylation is 1.